The van der Waals surface area contributed by atoms with Crippen LogP contribution in [0.15, 0.2) is 0 Å². The number of amides is 3. The maximum atomic E-state index is 12.4. The molecule has 2 fully saturated rings. The lowest BCUT2D eigenvalue weighted by atomic mass is 9.94. The zero-order valence-electron chi connectivity index (χ0n) is 14.8. The number of rotatable bonds is 3. The zero-order valence-corrected chi connectivity index (χ0v) is 14.8. The summed E-state index contributed by atoms with van der Waals surface area (Å²) in [5, 5.41) is 2.99. The second kappa shape index (κ2) is 7.40. The Morgan fingerprint density at radius 2 is 1.71 bits per heavy atom. The Hall–Kier alpha value is -1.79. The number of carbonyl (C=O) groups is 3. The van der Waals surface area contributed by atoms with Crippen LogP contribution in [-0.2, 0) is 14.3 Å². The number of likely N-dealkylation sites (tertiary alicyclic amines) is 1. The fraction of sp³-hybridized carbons (Fsp3) is 0.824. The quantitative estimate of drug-likeness (QED) is 0.811. The van der Waals surface area contributed by atoms with Gasteiger partial charge in [-0.2, -0.15) is 0 Å². The molecule has 7 heteroatoms. The van der Waals surface area contributed by atoms with Crippen LogP contribution in [0.1, 0.15) is 52.9 Å². The number of carbonyl (C=O) groups excluding carboxylic acids is 3. The molecule has 1 aliphatic heterocycles. The van der Waals surface area contributed by atoms with Crippen molar-refractivity contribution >= 4 is 17.9 Å². The van der Waals surface area contributed by atoms with Gasteiger partial charge in [-0.3, -0.25) is 9.59 Å². The van der Waals surface area contributed by atoms with Crippen molar-refractivity contribution in [3.8, 4) is 0 Å². The molecule has 1 saturated heterocycles. The number of nitrogens with zero attached hydrogens (tertiary/aromatic N) is 1. The van der Waals surface area contributed by atoms with Gasteiger partial charge < -0.3 is 20.7 Å². The number of piperidine rings is 1. The molecule has 24 heavy (non-hydrogen) atoms. The van der Waals surface area contributed by atoms with Gasteiger partial charge in [0, 0.05) is 25.0 Å². The Bertz CT molecular complexity index is 493. The lowest BCUT2D eigenvalue weighted by molar-refractivity contribution is -0.128. The Kier molecular flexibility index (Phi) is 5.72. The molecule has 0 spiro atoms. The Balaban J connectivity index is 1.80. The molecule has 1 aliphatic carbocycles. The van der Waals surface area contributed by atoms with Gasteiger partial charge in [0.25, 0.3) is 0 Å². The van der Waals surface area contributed by atoms with E-state index in [-0.39, 0.29) is 35.8 Å². The number of ether oxygens (including phenoxy) is 1. The molecule has 2 unspecified atom stereocenters. The molecule has 3 amide bonds. The van der Waals surface area contributed by atoms with E-state index in [0.717, 1.165) is 19.3 Å². The third kappa shape index (κ3) is 4.85. The predicted octanol–water partition coefficient (Wildman–Crippen LogP) is 1.40. The van der Waals surface area contributed by atoms with Crippen LogP contribution in [-0.4, -0.2) is 47.5 Å². The number of hydrogen-bond donors (Lipinski definition) is 2. The fourth-order valence-corrected chi connectivity index (χ4v) is 3.42. The van der Waals surface area contributed by atoms with E-state index in [1.54, 1.807) is 4.90 Å². The third-order valence-electron chi connectivity index (χ3n) is 4.73. The maximum Gasteiger partial charge on any atom is 0.410 e. The van der Waals surface area contributed by atoms with Gasteiger partial charge in [-0.15, -0.1) is 0 Å². The predicted molar refractivity (Wildman–Crippen MR) is 89.0 cm³/mol. The van der Waals surface area contributed by atoms with E-state index in [0.29, 0.717) is 25.9 Å². The highest BCUT2D eigenvalue weighted by Gasteiger charge is 2.35. The van der Waals surface area contributed by atoms with Gasteiger partial charge in [-0.05, 0) is 46.5 Å². The SMILES string of the molecule is CC(C)(C)OC(=O)N1CCC(C(=O)NC2CCCC2C(N)=O)CC1. The van der Waals surface area contributed by atoms with Gasteiger partial charge in [-0.25, -0.2) is 4.79 Å². The summed E-state index contributed by atoms with van der Waals surface area (Å²) in [6.07, 6.45) is 3.35. The normalized spacial score (nSPS) is 25.4. The van der Waals surface area contributed by atoms with Gasteiger partial charge in [0.15, 0.2) is 0 Å². The van der Waals surface area contributed by atoms with Gasteiger partial charge in [0.1, 0.15) is 5.60 Å². The summed E-state index contributed by atoms with van der Waals surface area (Å²) in [7, 11) is 0. The van der Waals surface area contributed by atoms with E-state index in [4.69, 9.17) is 10.5 Å². The van der Waals surface area contributed by atoms with Crippen molar-refractivity contribution in [1.82, 2.24) is 10.2 Å². The van der Waals surface area contributed by atoms with E-state index in [2.05, 4.69) is 5.32 Å². The molecule has 1 heterocycles. The van der Waals surface area contributed by atoms with Crippen LogP contribution in [0.3, 0.4) is 0 Å². The van der Waals surface area contributed by atoms with E-state index in [9.17, 15) is 14.4 Å². The molecule has 0 bridgehead atoms. The van der Waals surface area contributed by atoms with Crippen molar-refractivity contribution in [2.24, 2.45) is 17.6 Å². The molecule has 2 rings (SSSR count). The van der Waals surface area contributed by atoms with Gasteiger partial charge in [0.2, 0.25) is 11.8 Å². The minimum Gasteiger partial charge on any atom is -0.444 e. The number of nitrogens with one attached hydrogen (secondary N) is 1. The number of nitrogens with two attached hydrogens (primary N) is 1. The van der Waals surface area contributed by atoms with E-state index < -0.39 is 5.60 Å². The molecule has 136 valence electrons. The van der Waals surface area contributed by atoms with Crippen LogP contribution >= 0.6 is 0 Å². The van der Waals surface area contributed by atoms with E-state index >= 15 is 0 Å². The first-order valence-corrected chi connectivity index (χ1v) is 8.75. The third-order valence-corrected chi connectivity index (χ3v) is 4.73. The summed E-state index contributed by atoms with van der Waals surface area (Å²) in [5.41, 5.74) is 4.88. The largest absolute Gasteiger partial charge is 0.444 e. The summed E-state index contributed by atoms with van der Waals surface area (Å²) in [6, 6.07) is -0.140. The summed E-state index contributed by atoms with van der Waals surface area (Å²) < 4.78 is 5.36. The van der Waals surface area contributed by atoms with Gasteiger partial charge >= 0.3 is 6.09 Å². The van der Waals surface area contributed by atoms with E-state index in [1.807, 2.05) is 20.8 Å². The fourth-order valence-electron chi connectivity index (χ4n) is 3.42. The first-order chi connectivity index (χ1) is 11.2. The Labute approximate surface area is 143 Å². The Morgan fingerprint density at radius 3 is 2.25 bits per heavy atom. The molecule has 0 radical (unpaired) electrons. The molecule has 2 atom stereocenters. The van der Waals surface area contributed by atoms with Crippen LogP contribution in [0.5, 0.6) is 0 Å². The summed E-state index contributed by atoms with van der Waals surface area (Å²) >= 11 is 0. The zero-order chi connectivity index (χ0) is 17.9. The van der Waals surface area contributed by atoms with E-state index in [1.165, 1.54) is 0 Å². The highest BCUT2D eigenvalue weighted by Crippen LogP contribution is 2.27. The first-order valence-electron chi connectivity index (χ1n) is 8.75. The highest BCUT2D eigenvalue weighted by molar-refractivity contribution is 5.82. The maximum absolute atomic E-state index is 12.4. The average molecular weight is 339 g/mol. The second-order valence-corrected chi connectivity index (χ2v) is 7.80. The van der Waals surface area contributed by atoms with Crippen LogP contribution in [0.4, 0.5) is 4.79 Å². The molecule has 3 N–H and O–H groups in total. The smallest absolute Gasteiger partial charge is 0.410 e. The van der Waals surface area contributed by atoms with Crippen LogP contribution < -0.4 is 11.1 Å². The number of hydrogen-bond acceptors (Lipinski definition) is 4. The highest BCUT2D eigenvalue weighted by atomic mass is 16.6. The lowest BCUT2D eigenvalue weighted by Crippen LogP contribution is -2.48. The summed E-state index contributed by atoms with van der Waals surface area (Å²) in [6.45, 7) is 6.53. The molecule has 1 saturated carbocycles. The number of primary amides is 1. The van der Waals surface area contributed by atoms with Crippen LogP contribution in [0.2, 0.25) is 0 Å². The van der Waals surface area contributed by atoms with Crippen molar-refractivity contribution in [1.29, 1.82) is 0 Å². The standard InChI is InChI=1S/C17H29N3O4/c1-17(2,3)24-16(23)20-9-7-11(8-10-20)15(22)19-13-6-4-5-12(13)14(18)21/h11-13H,4-10H2,1-3H3,(H2,18,21)(H,19,22). The Morgan fingerprint density at radius 1 is 1.08 bits per heavy atom. The molecule has 0 aromatic rings. The molecular weight excluding hydrogens is 310 g/mol. The first kappa shape index (κ1) is 18.5. The molecule has 0 aromatic carbocycles. The van der Waals surface area contributed by atoms with Crippen molar-refractivity contribution in [3.63, 3.8) is 0 Å². The van der Waals surface area contributed by atoms with Crippen molar-refractivity contribution in [3.05, 3.63) is 0 Å². The summed E-state index contributed by atoms with van der Waals surface area (Å²) in [4.78, 5) is 37.5. The lowest BCUT2D eigenvalue weighted by Gasteiger charge is -2.33. The molecular formula is C17H29N3O4. The molecule has 0 aromatic heterocycles. The van der Waals surface area contributed by atoms with Crippen molar-refractivity contribution < 1.29 is 19.1 Å². The average Bonchev–Trinajstić information content (AvgIpc) is 2.94. The second-order valence-electron chi connectivity index (χ2n) is 7.80. The van der Waals surface area contributed by atoms with Gasteiger partial charge in [0.05, 0.1) is 5.92 Å². The van der Waals surface area contributed by atoms with Gasteiger partial charge in [-0.1, -0.05) is 6.42 Å². The van der Waals surface area contributed by atoms with Crippen LogP contribution in [0, 0.1) is 11.8 Å². The monoisotopic (exact) mass is 339 g/mol. The minimum absolute atomic E-state index is 0.0306. The van der Waals surface area contributed by atoms with Crippen LogP contribution in [0.25, 0.3) is 0 Å². The molecule has 7 nitrogen and oxygen atoms in total. The van der Waals surface area contributed by atoms with Crippen molar-refractivity contribution in [2.45, 2.75) is 64.5 Å². The minimum atomic E-state index is -0.516. The molecule has 2 aliphatic rings. The van der Waals surface area contributed by atoms with Crippen molar-refractivity contribution in [2.75, 3.05) is 13.1 Å². The summed E-state index contributed by atoms with van der Waals surface area (Å²) in [5.74, 6) is -0.747. The topological polar surface area (TPSA) is 102 Å².